The monoisotopic (exact) mass is 254 g/mol. The number of nitrogens with zero attached hydrogens (tertiary/aromatic N) is 1. The summed E-state index contributed by atoms with van der Waals surface area (Å²) in [4.78, 5) is 3.76. The summed E-state index contributed by atoms with van der Waals surface area (Å²) < 4.78 is 42.7. The first-order chi connectivity index (χ1) is 8.45. The minimum Gasteiger partial charge on any atom is -0.457 e. The molecule has 1 aromatic heterocycles. The molecular formula is C12H9F3N2O. The Kier molecular flexibility index (Phi) is 3.10. The molecule has 94 valence electrons. The highest BCUT2D eigenvalue weighted by molar-refractivity contribution is 5.39. The van der Waals surface area contributed by atoms with Gasteiger partial charge in [0, 0.05) is 12.3 Å². The fourth-order valence-electron chi connectivity index (χ4n) is 1.36. The van der Waals surface area contributed by atoms with Crippen molar-refractivity contribution in [2.24, 2.45) is 0 Å². The van der Waals surface area contributed by atoms with E-state index in [2.05, 4.69) is 4.98 Å². The van der Waals surface area contributed by atoms with Crippen LogP contribution >= 0.6 is 0 Å². The Bertz CT molecular complexity index is 555. The van der Waals surface area contributed by atoms with Gasteiger partial charge in [-0.05, 0) is 24.3 Å². The molecule has 0 bridgehead atoms. The van der Waals surface area contributed by atoms with Gasteiger partial charge in [-0.2, -0.15) is 13.2 Å². The Labute approximate surface area is 101 Å². The molecule has 0 amide bonds. The van der Waals surface area contributed by atoms with E-state index in [9.17, 15) is 13.2 Å². The quantitative estimate of drug-likeness (QED) is 0.892. The van der Waals surface area contributed by atoms with Crippen molar-refractivity contribution >= 4 is 5.82 Å². The van der Waals surface area contributed by atoms with E-state index in [1.54, 1.807) is 0 Å². The van der Waals surface area contributed by atoms with Gasteiger partial charge in [0.15, 0.2) is 0 Å². The van der Waals surface area contributed by atoms with Gasteiger partial charge in [-0.1, -0.05) is 6.07 Å². The van der Waals surface area contributed by atoms with Crippen LogP contribution in [0.3, 0.4) is 0 Å². The summed E-state index contributed by atoms with van der Waals surface area (Å²) in [6.45, 7) is 0. The number of hydrogen-bond acceptors (Lipinski definition) is 3. The van der Waals surface area contributed by atoms with Gasteiger partial charge < -0.3 is 10.5 Å². The maximum Gasteiger partial charge on any atom is 0.416 e. The number of ether oxygens (including phenoxy) is 1. The summed E-state index contributed by atoms with van der Waals surface area (Å²) in [5, 5.41) is 0. The van der Waals surface area contributed by atoms with Crippen LogP contribution in [-0.4, -0.2) is 4.98 Å². The van der Waals surface area contributed by atoms with E-state index >= 15 is 0 Å². The van der Waals surface area contributed by atoms with Gasteiger partial charge >= 0.3 is 6.18 Å². The van der Waals surface area contributed by atoms with Crippen LogP contribution < -0.4 is 10.5 Å². The summed E-state index contributed by atoms with van der Waals surface area (Å²) >= 11 is 0. The average molecular weight is 254 g/mol. The highest BCUT2D eigenvalue weighted by Gasteiger charge is 2.30. The molecule has 0 fully saturated rings. The van der Waals surface area contributed by atoms with Crippen molar-refractivity contribution in [3.05, 3.63) is 48.2 Å². The molecule has 3 nitrogen and oxygen atoms in total. The molecule has 6 heteroatoms. The molecule has 1 heterocycles. The number of benzene rings is 1. The van der Waals surface area contributed by atoms with Crippen molar-refractivity contribution < 1.29 is 17.9 Å². The predicted octanol–water partition coefficient (Wildman–Crippen LogP) is 3.47. The van der Waals surface area contributed by atoms with Crippen LogP contribution in [0.1, 0.15) is 5.56 Å². The fraction of sp³-hybridized carbons (Fsp3) is 0.0833. The number of anilines is 1. The molecule has 18 heavy (non-hydrogen) atoms. The normalized spacial score (nSPS) is 11.3. The van der Waals surface area contributed by atoms with Gasteiger partial charge in [-0.3, -0.25) is 0 Å². The number of nitrogen functional groups attached to an aromatic ring is 1. The van der Waals surface area contributed by atoms with Gasteiger partial charge in [0.05, 0.1) is 5.56 Å². The Morgan fingerprint density at radius 3 is 2.44 bits per heavy atom. The van der Waals surface area contributed by atoms with Crippen molar-refractivity contribution in [3.8, 4) is 11.5 Å². The molecule has 0 unspecified atom stereocenters. The highest BCUT2D eigenvalue weighted by atomic mass is 19.4. The third-order valence-corrected chi connectivity index (χ3v) is 2.15. The number of pyridine rings is 1. The second-order valence-electron chi connectivity index (χ2n) is 3.54. The van der Waals surface area contributed by atoms with E-state index in [1.165, 1.54) is 30.5 Å². The first kappa shape index (κ1) is 12.2. The SMILES string of the molecule is Nc1cc(Oc2cccc(C(F)(F)F)c2)ccn1. The number of alkyl halides is 3. The maximum atomic E-state index is 12.5. The second kappa shape index (κ2) is 4.56. The molecule has 0 aliphatic heterocycles. The van der Waals surface area contributed by atoms with Crippen LogP contribution in [0, 0.1) is 0 Å². The molecule has 0 radical (unpaired) electrons. The Balaban J connectivity index is 2.25. The number of hydrogen-bond donors (Lipinski definition) is 1. The molecule has 0 atom stereocenters. The van der Waals surface area contributed by atoms with Gasteiger partial charge in [-0.25, -0.2) is 4.98 Å². The molecule has 0 spiro atoms. The Hall–Kier alpha value is -2.24. The molecule has 0 aliphatic carbocycles. The summed E-state index contributed by atoms with van der Waals surface area (Å²) in [6, 6.07) is 7.57. The smallest absolute Gasteiger partial charge is 0.416 e. The van der Waals surface area contributed by atoms with Crippen LogP contribution in [0.25, 0.3) is 0 Å². The maximum absolute atomic E-state index is 12.5. The van der Waals surface area contributed by atoms with Crippen molar-refractivity contribution in [1.29, 1.82) is 0 Å². The average Bonchev–Trinajstić information content (AvgIpc) is 2.28. The Morgan fingerprint density at radius 2 is 1.78 bits per heavy atom. The third kappa shape index (κ3) is 2.91. The van der Waals surface area contributed by atoms with Gasteiger partial charge in [0.25, 0.3) is 0 Å². The summed E-state index contributed by atoms with van der Waals surface area (Å²) in [5.74, 6) is 0.664. The predicted molar refractivity (Wildman–Crippen MR) is 60.2 cm³/mol. The van der Waals surface area contributed by atoms with Gasteiger partial charge in [0.2, 0.25) is 0 Å². The lowest BCUT2D eigenvalue weighted by molar-refractivity contribution is -0.137. The molecule has 0 saturated carbocycles. The van der Waals surface area contributed by atoms with Crippen molar-refractivity contribution in [1.82, 2.24) is 4.98 Å². The Morgan fingerprint density at radius 1 is 1.06 bits per heavy atom. The van der Waals surface area contributed by atoms with Gasteiger partial charge in [-0.15, -0.1) is 0 Å². The van der Waals surface area contributed by atoms with Crippen LogP contribution in [-0.2, 0) is 6.18 Å². The van der Waals surface area contributed by atoms with Crippen molar-refractivity contribution in [2.75, 3.05) is 5.73 Å². The molecule has 0 aliphatic rings. The number of aromatic nitrogens is 1. The topological polar surface area (TPSA) is 48.1 Å². The van der Waals surface area contributed by atoms with E-state index in [1.807, 2.05) is 0 Å². The minimum atomic E-state index is -4.39. The molecular weight excluding hydrogens is 245 g/mol. The molecule has 1 aromatic carbocycles. The zero-order valence-corrected chi connectivity index (χ0v) is 9.11. The van der Waals surface area contributed by atoms with E-state index in [-0.39, 0.29) is 11.6 Å². The molecule has 2 rings (SSSR count). The number of nitrogens with two attached hydrogens (primary N) is 1. The summed E-state index contributed by atoms with van der Waals surface area (Å²) in [5.41, 5.74) is 4.68. The van der Waals surface area contributed by atoms with Crippen LogP contribution in [0.15, 0.2) is 42.6 Å². The van der Waals surface area contributed by atoms with Gasteiger partial charge in [0.1, 0.15) is 17.3 Å². The summed E-state index contributed by atoms with van der Waals surface area (Å²) in [6.07, 6.45) is -2.98. The third-order valence-electron chi connectivity index (χ3n) is 2.15. The molecule has 0 saturated heterocycles. The minimum absolute atomic E-state index is 0.0930. The van der Waals surface area contributed by atoms with Crippen LogP contribution in [0.4, 0.5) is 19.0 Å². The molecule has 2 aromatic rings. The zero-order valence-electron chi connectivity index (χ0n) is 9.11. The fourth-order valence-corrected chi connectivity index (χ4v) is 1.36. The number of rotatable bonds is 2. The van der Waals surface area contributed by atoms with E-state index in [0.29, 0.717) is 5.75 Å². The lowest BCUT2D eigenvalue weighted by Crippen LogP contribution is -2.04. The second-order valence-corrected chi connectivity index (χ2v) is 3.54. The zero-order chi connectivity index (χ0) is 13.2. The first-order valence-electron chi connectivity index (χ1n) is 5.02. The van der Waals surface area contributed by atoms with Crippen LogP contribution in [0.2, 0.25) is 0 Å². The lowest BCUT2D eigenvalue weighted by Gasteiger charge is -2.10. The standard InChI is InChI=1S/C12H9F3N2O/c13-12(14,15)8-2-1-3-9(6-8)18-10-4-5-17-11(16)7-10/h1-7H,(H2,16,17). The highest BCUT2D eigenvalue weighted by Crippen LogP contribution is 2.32. The van der Waals surface area contributed by atoms with Crippen LogP contribution in [0.5, 0.6) is 11.5 Å². The summed E-state index contributed by atoms with van der Waals surface area (Å²) in [7, 11) is 0. The lowest BCUT2D eigenvalue weighted by atomic mass is 10.2. The number of halogens is 3. The first-order valence-corrected chi connectivity index (χ1v) is 5.02. The van der Waals surface area contributed by atoms with E-state index in [0.717, 1.165) is 12.1 Å². The van der Waals surface area contributed by atoms with Crippen molar-refractivity contribution in [3.63, 3.8) is 0 Å². The van der Waals surface area contributed by atoms with E-state index in [4.69, 9.17) is 10.5 Å². The van der Waals surface area contributed by atoms with E-state index < -0.39 is 11.7 Å². The largest absolute Gasteiger partial charge is 0.457 e. The van der Waals surface area contributed by atoms with Crippen molar-refractivity contribution in [2.45, 2.75) is 6.18 Å². The molecule has 2 N–H and O–H groups in total.